The van der Waals surface area contributed by atoms with E-state index in [1.807, 2.05) is 0 Å². The summed E-state index contributed by atoms with van der Waals surface area (Å²) in [6.07, 6.45) is 1.40. The molecule has 0 radical (unpaired) electrons. The molecular formula is C15H13ClN2O4. The molecule has 0 aliphatic heterocycles. The van der Waals surface area contributed by atoms with E-state index in [0.29, 0.717) is 17.0 Å². The van der Waals surface area contributed by atoms with Crippen LogP contribution in [0, 0.1) is 0 Å². The molecule has 2 rings (SSSR count). The van der Waals surface area contributed by atoms with Crippen LogP contribution in [0.1, 0.15) is 15.9 Å². The van der Waals surface area contributed by atoms with Crippen molar-refractivity contribution < 1.29 is 19.7 Å². The van der Waals surface area contributed by atoms with Crippen molar-refractivity contribution in [2.45, 2.75) is 0 Å². The van der Waals surface area contributed by atoms with Crippen molar-refractivity contribution in [2.75, 3.05) is 12.5 Å². The summed E-state index contributed by atoms with van der Waals surface area (Å²) in [4.78, 5) is 11.0. The SMILES string of the molecule is COc1ccc(O)c(C=NNc2ccc(Cl)c(C(=O)O)c2)c1. The van der Waals surface area contributed by atoms with Gasteiger partial charge in [-0.25, -0.2) is 4.79 Å². The molecule has 0 amide bonds. The summed E-state index contributed by atoms with van der Waals surface area (Å²) < 4.78 is 5.06. The first kappa shape index (κ1) is 15.7. The van der Waals surface area contributed by atoms with Gasteiger partial charge in [-0.15, -0.1) is 0 Å². The maximum Gasteiger partial charge on any atom is 0.337 e. The molecule has 0 spiro atoms. The van der Waals surface area contributed by atoms with Crippen molar-refractivity contribution in [3.63, 3.8) is 0 Å². The van der Waals surface area contributed by atoms with Crippen molar-refractivity contribution in [2.24, 2.45) is 5.10 Å². The molecule has 2 aromatic carbocycles. The number of phenols is 1. The second-order valence-corrected chi connectivity index (χ2v) is 4.70. The Morgan fingerprint density at radius 2 is 2.09 bits per heavy atom. The molecule has 0 bridgehead atoms. The molecule has 0 saturated heterocycles. The van der Waals surface area contributed by atoms with Crippen LogP contribution >= 0.6 is 11.6 Å². The topological polar surface area (TPSA) is 91.2 Å². The van der Waals surface area contributed by atoms with E-state index >= 15 is 0 Å². The van der Waals surface area contributed by atoms with Crippen molar-refractivity contribution in [3.8, 4) is 11.5 Å². The Morgan fingerprint density at radius 3 is 2.77 bits per heavy atom. The number of hydrazone groups is 1. The van der Waals surface area contributed by atoms with Crippen molar-refractivity contribution >= 4 is 29.5 Å². The summed E-state index contributed by atoms with van der Waals surface area (Å²) in [6, 6.07) is 9.16. The van der Waals surface area contributed by atoms with E-state index in [1.165, 1.54) is 31.5 Å². The average Bonchev–Trinajstić information content (AvgIpc) is 2.50. The largest absolute Gasteiger partial charge is 0.507 e. The minimum Gasteiger partial charge on any atom is -0.507 e. The summed E-state index contributed by atoms with van der Waals surface area (Å²) >= 11 is 5.78. The number of hydrogen-bond acceptors (Lipinski definition) is 5. The summed E-state index contributed by atoms with van der Waals surface area (Å²) in [7, 11) is 1.52. The Hall–Kier alpha value is -2.73. The van der Waals surface area contributed by atoms with Crippen LogP contribution in [0.25, 0.3) is 0 Å². The van der Waals surface area contributed by atoms with Gasteiger partial charge >= 0.3 is 5.97 Å². The molecule has 6 nitrogen and oxygen atoms in total. The molecular weight excluding hydrogens is 308 g/mol. The zero-order chi connectivity index (χ0) is 16.1. The molecule has 3 N–H and O–H groups in total. The lowest BCUT2D eigenvalue weighted by atomic mass is 10.2. The van der Waals surface area contributed by atoms with Crippen LogP contribution in [-0.4, -0.2) is 29.5 Å². The summed E-state index contributed by atoms with van der Waals surface area (Å²) in [5, 5.41) is 22.8. The van der Waals surface area contributed by atoms with E-state index in [9.17, 15) is 9.90 Å². The number of benzene rings is 2. The summed E-state index contributed by atoms with van der Waals surface area (Å²) in [6.45, 7) is 0. The number of rotatable bonds is 5. The average molecular weight is 321 g/mol. The second-order valence-electron chi connectivity index (χ2n) is 4.29. The summed E-state index contributed by atoms with van der Waals surface area (Å²) in [5.74, 6) is -0.490. The van der Waals surface area contributed by atoms with Gasteiger partial charge < -0.3 is 14.9 Å². The van der Waals surface area contributed by atoms with E-state index < -0.39 is 5.97 Å². The van der Waals surface area contributed by atoms with Crippen LogP contribution in [0.2, 0.25) is 5.02 Å². The molecule has 0 aromatic heterocycles. The number of carbonyl (C=O) groups is 1. The highest BCUT2D eigenvalue weighted by Crippen LogP contribution is 2.22. The van der Waals surface area contributed by atoms with E-state index in [-0.39, 0.29) is 16.3 Å². The lowest BCUT2D eigenvalue weighted by Gasteiger charge is -2.05. The molecule has 0 heterocycles. The molecule has 0 atom stereocenters. The number of aromatic hydroxyl groups is 1. The third-order valence-corrected chi connectivity index (χ3v) is 3.16. The number of nitrogens with zero attached hydrogens (tertiary/aromatic N) is 1. The smallest absolute Gasteiger partial charge is 0.337 e. The first-order valence-electron chi connectivity index (χ1n) is 6.20. The molecule has 0 saturated carbocycles. The van der Waals surface area contributed by atoms with Crippen LogP contribution in [0.3, 0.4) is 0 Å². The third-order valence-electron chi connectivity index (χ3n) is 2.83. The predicted octanol–water partition coefficient (Wildman–Crippen LogP) is 3.20. The number of hydrogen-bond donors (Lipinski definition) is 3. The fraction of sp³-hybridized carbons (Fsp3) is 0.0667. The number of nitrogens with one attached hydrogen (secondary N) is 1. The number of carboxylic acids is 1. The van der Waals surface area contributed by atoms with Gasteiger partial charge in [0.15, 0.2) is 0 Å². The molecule has 7 heteroatoms. The highest BCUT2D eigenvalue weighted by Gasteiger charge is 2.09. The van der Waals surface area contributed by atoms with Crippen molar-refractivity contribution in [3.05, 3.63) is 52.5 Å². The van der Waals surface area contributed by atoms with Gasteiger partial charge in [-0.1, -0.05) is 11.6 Å². The van der Waals surface area contributed by atoms with E-state index in [0.717, 1.165) is 0 Å². The Kier molecular flexibility index (Phi) is 4.85. The van der Waals surface area contributed by atoms with Gasteiger partial charge in [0.1, 0.15) is 11.5 Å². The van der Waals surface area contributed by atoms with Crippen LogP contribution in [0.4, 0.5) is 5.69 Å². The van der Waals surface area contributed by atoms with E-state index in [2.05, 4.69) is 10.5 Å². The van der Waals surface area contributed by atoms with Crippen molar-refractivity contribution in [1.82, 2.24) is 0 Å². The number of ether oxygens (including phenoxy) is 1. The van der Waals surface area contributed by atoms with Gasteiger partial charge in [0.2, 0.25) is 0 Å². The number of carboxylic acid groups (broad SMARTS) is 1. The second kappa shape index (κ2) is 6.82. The Bertz CT molecular complexity index is 731. The zero-order valence-electron chi connectivity index (χ0n) is 11.6. The van der Waals surface area contributed by atoms with Gasteiger partial charge in [-0.05, 0) is 36.4 Å². The van der Waals surface area contributed by atoms with Gasteiger partial charge in [0.05, 0.1) is 29.6 Å². The van der Waals surface area contributed by atoms with E-state index in [4.69, 9.17) is 21.4 Å². The Balaban J connectivity index is 2.16. The van der Waals surface area contributed by atoms with Gasteiger partial charge in [-0.2, -0.15) is 5.10 Å². The first-order valence-corrected chi connectivity index (χ1v) is 6.58. The van der Waals surface area contributed by atoms with E-state index in [1.54, 1.807) is 18.2 Å². The molecule has 22 heavy (non-hydrogen) atoms. The molecule has 0 unspecified atom stereocenters. The van der Waals surface area contributed by atoms with Crippen LogP contribution in [-0.2, 0) is 0 Å². The molecule has 0 aliphatic carbocycles. The highest BCUT2D eigenvalue weighted by atomic mass is 35.5. The Morgan fingerprint density at radius 1 is 1.32 bits per heavy atom. The number of phenolic OH excluding ortho intramolecular Hbond substituents is 1. The van der Waals surface area contributed by atoms with Crippen LogP contribution in [0.5, 0.6) is 11.5 Å². The standard InChI is InChI=1S/C15H13ClN2O4/c1-22-11-3-5-14(19)9(6-11)8-17-18-10-2-4-13(16)12(7-10)15(20)21/h2-8,18-19H,1H3,(H,20,21). The van der Waals surface area contributed by atoms with Gasteiger partial charge in [0.25, 0.3) is 0 Å². The lowest BCUT2D eigenvalue weighted by Crippen LogP contribution is -1.99. The molecule has 2 aromatic rings. The quantitative estimate of drug-likeness (QED) is 0.581. The van der Waals surface area contributed by atoms with Gasteiger partial charge in [-0.3, -0.25) is 5.43 Å². The zero-order valence-corrected chi connectivity index (χ0v) is 12.3. The number of methoxy groups -OCH3 is 1. The maximum absolute atomic E-state index is 11.0. The molecule has 0 fully saturated rings. The van der Waals surface area contributed by atoms with Crippen LogP contribution in [0.15, 0.2) is 41.5 Å². The third kappa shape index (κ3) is 3.67. The summed E-state index contributed by atoms with van der Waals surface area (Å²) in [5.41, 5.74) is 3.57. The van der Waals surface area contributed by atoms with Gasteiger partial charge in [0, 0.05) is 5.56 Å². The normalized spacial score (nSPS) is 10.6. The predicted molar refractivity (Wildman–Crippen MR) is 84.3 cm³/mol. The maximum atomic E-state index is 11.0. The first-order chi connectivity index (χ1) is 10.5. The fourth-order valence-corrected chi connectivity index (χ4v) is 1.90. The number of halogens is 1. The number of aromatic carboxylic acids is 1. The Labute approximate surface area is 131 Å². The fourth-order valence-electron chi connectivity index (χ4n) is 1.70. The monoisotopic (exact) mass is 320 g/mol. The molecule has 114 valence electrons. The molecule has 0 aliphatic rings. The minimum atomic E-state index is -1.12. The lowest BCUT2D eigenvalue weighted by molar-refractivity contribution is 0.0697. The highest BCUT2D eigenvalue weighted by molar-refractivity contribution is 6.33. The number of anilines is 1. The van der Waals surface area contributed by atoms with Crippen LogP contribution < -0.4 is 10.2 Å². The minimum absolute atomic E-state index is 0.0221. The van der Waals surface area contributed by atoms with Crippen molar-refractivity contribution in [1.29, 1.82) is 0 Å².